The summed E-state index contributed by atoms with van der Waals surface area (Å²) < 4.78 is 0. The molecule has 66 valence electrons. The third-order valence-electron chi connectivity index (χ3n) is 2.68. The highest BCUT2D eigenvalue weighted by Gasteiger charge is 2.50. The molecule has 0 saturated heterocycles. The Morgan fingerprint density at radius 1 is 1.46 bits per heavy atom. The summed E-state index contributed by atoms with van der Waals surface area (Å²) in [6.07, 6.45) is 0.973. The van der Waals surface area contributed by atoms with Gasteiger partial charge in [0.25, 0.3) is 0 Å². The van der Waals surface area contributed by atoms with E-state index in [-0.39, 0.29) is 5.54 Å². The molecule has 1 saturated carbocycles. The van der Waals surface area contributed by atoms with Crippen LogP contribution >= 0.6 is 0 Å². The van der Waals surface area contributed by atoms with E-state index in [9.17, 15) is 0 Å². The molecular weight excluding hydrogens is 162 g/mol. The summed E-state index contributed by atoms with van der Waals surface area (Å²) in [6, 6.07) is 10.2. The average Bonchev–Trinajstić information content (AvgIpc) is 2.80. The Labute approximate surface area is 77.0 Å². The van der Waals surface area contributed by atoms with Crippen LogP contribution in [0, 0.1) is 0 Å². The minimum atomic E-state index is -0.171. The van der Waals surface area contributed by atoms with Crippen LogP contribution in [0.2, 0.25) is 0 Å². The summed E-state index contributed by atoms with van der Waals surface area (Å²) in [6.45, 7) is 2.00. The number of rotatable bonds is 2. The van der Waals surface area contributed by atoms with Crippen LogP contribution < -0.4 is 0 Å². The first-order valence-corrected chi connectivity index (χ1v) is 4.37. The molecule has 0 bridgehead atoms. The smallest absolute Gasteiger partial charge is 0.0534 e. The van der Waals surface area contributed by atoms with Crippen LogP contribution in [0.5, 0.6) is 0 Å². The maximum atomic E-state index is 8.36. The highest BCUT2D eigenvalue weighted by molar-refractivity contribution is 5.32. The van der Waals surface area contributed by atoms with Crippen LogP contribution in [-0.2, 0) is 0 Å². The van der Waals surface area contributed by atoms with Gasteiger partial charge in [-0.1, -0.05) is 42.4 Å². The number of hydrogen-bond donors (Lipinski definition) is 0. The molecule has 1 aromatic rings. The fourth-order valence-electron chi connectivity index (χ4n) is 1.73. The van der Waals surface area contributed by atoms with Crippen molar-refractivity contribution in [2.24, 2.45) is 5.11 Å². The molecule has 0 heterocycles. The predicted octanol–water partition coefficient (Wildman–Crippen LogP) is 3.24. The fourth-order valence-corrected chi connectivity index (χ4v) is 1.73. The van der Waals surface area contributed by atoms with Gasteiger partial charge in [-0.25, -0.2) is 0 Å². The van der Waals surface area contributed by atoms with Crippen molar-refractivity contribution in [2.75, 3.05) is 0 Å². The second-order valence-corrected chi connectivity index (χ2v) is 3.71. The predicted molar refractivity (Wildman–Crippen MR) is 51.4 cm³/mol. The summed E-state index contributed by atoms with van der Waals surface area (Å²) in [5.74, 6) is 0.421. The number of nitrogens with zero attached hydrogens (tertiary/aromatic N) is 3. The minimum Gasteiger partial charge on any atom is -0.0869 e. The van der Waals surface area contributed by atoms with Crippen LogP contribution in [0.25, 0.3) is 10.4 Å². The molecule has 1 aromatic carbocycles. The average molecular weight is 173 g/mol. The van der Waals surface area contributed by atoms with E-state index >= 15 is 0 Å². The lowest BCUT2D eigenvalue weighted by atomic mass is 10.1. The van der Waals surface area contributed by atoms with Crippen LogP contribution in [0.3, 0.4) is 0 Å². The van der Waals surface area contributed by atoms with Crippen molar-refractivity contribution in [3.63, 3.8) is 0 Å². The molecule has 0 aromatic heterocycles. The van der Waals surface area contributed by atoms with Gasteiger partial charge in [0.15, 0.2) is 0 Å². The van der Waals surface area contributed by atoms with Crippen molar-refractivity contribution < 1.29 is 0 Å². The van der Waals surface area contributed by atoms with E-state index in [1.54, 1.807) is 0 Å². The molecule has 1 aliphatic rings. The van der Waals surface area contributed by atoms with Crippen LogP contribution in [0.15, 0.2) is 35.4 Å². The molecule has 3 heteroatoms. The quantitative estimate of drug-likeness (QED) is 0.374. The number of hydrogen-bond acceptors (Lipinski definition) is 1. The van der Waals surface area contributed by atoms with Gasteiger partial charge in [0, 0.05) is 4.91 Å². The summed E-state index contributed by atoms with van der Waals surface area (Å²) in [5.41, 5.74) is 9.47. The molecule has 3 nitrogen and oxygen atoms in total. The van der Waals surface area contributed by atoms with Crippen molar-refractivity contribution in [1.29, 1.82) is 0 Å². The molecule has 1 fully saturated rings. The summed E-state index contributed by atoms with van der Waals surface area (Å²) >= 11 is 0. The van der Waals surface area contributed by atoms with E-state index < -0.39 is 0 Å². The molecule has 0 N–H and O–H groups in total. The van der Waals surface area contributed by atoms with Crippen molar-refractivity contribution in [1.82, 2.24) is 0 Å². The van der Waals surface area contributed by atoms with Crippen LogP contribution in [-0.4, -0.2) is 5.54 Å². The summed E-state index contributed by atoms with van der Waals surface area (Å²) in [5, 5.41) is 3.81. The largest absolute Gasteiger partial charge is 0.0869 e. The number of benzene rings is 1. The third-order valence-corrected chi connectivity index (χ3v) is 2.68. The van der Waals surface area contributed by atoms with Gasteiger partial charge in [0.2, 0.25) is 0 Å². The van der Waals surface area contributed by atoms with Gasteiger partial charge in [-0.15, -0.1) is 0 Å². The van der Waals surface area contributed by atoms with Gasteiger partial charge < -0.3 is 0 Å². The van der Waals surface area contributed by atoms with Crippen molar-refractivity contribution >= 4 is 0 Å². The SMILES string of the molecule is CC1(N=[N+]=[N-])CC1c1ccccc1. The van der Waals surface area contributed by atoms with E-state index in [1.807, 2.05) is 25.1 Å². The van der Waals surface area contributed by atoms with Crippen LogP contribution in [0.4, 0.5) is 0 Å². The Balaban J connectivity index is 2.20. The maximum absolute atomic E-state index is 8.36. The first-order chi connectivity index (χ1) is 6.26. The Kier molecular flexibility index (Phi) is 1.74. The second-order valence-electron chi connectivity index (χ2n) is 3.71. The van der Waals surface area contributed by atoms with Crippen molar-refractivity contribution in [2.45, 2.75) is 24.8 Å². The zero-order valence-electron chi connectivity index (χ0n) is 7.51. The van der Waals surface area contributed by atoms with E-state index in [2.05, 4.69) is 22.2 Å². The molecule has 2 rings (SSSR count). The van der Waals surface area contributed by atoms with E-state index in [0.717, 1.165) is 6.42 Å². The van der Waals surface area contributed by atoms with Crippen molar-refractivity contribution in [3.8, 4) is 0 Å². The molecule has 0 spiro atoms. The Morgan fingerprint density at radius 2 is 2.15 bits per heavy atom. The molecule has 0 aliphatic heterocycles. The molecule has 1 aliphatic carbocycles. The molecular formula is C10H11N3. The first kappa shape index (κ1) is 8.14. The summed E-state index contributed by atoms with van der Waals surface area (Å²) in [7, 11) is 0. The summed E-state index contributed by atoms with van der Waals surface area (Å²) in [4.78, 5) is 2.87. The zero-order valence-corrected chi connectivity index (χ0v) is 7.51. The Bertz CT molecular complexity index is 354. The normalized spacial score (nSPS) is 30.7. The number of azide groups is 1. The Hall–Kier alpha value is -1.47. The maximum Gasteiger partial charge on any atom is 0.0534 e. The van der Waals surface area contributed by atoms with E-state index in [0.29, 0.717) is 5.92 Å². The third kappa shape index (κ3) is 1.38. The van der Waals surface area contributed by atoms with Gasteiger partial charge in [-0.05, 0) is 23.4 Å². The second kappa shape index (κ2) is 2.79. The zero-order chi connectivity index (χ0) is 9.31. The van der Waals surface area contributed by atoms with Gasteiger partial charge >= 0.3 is 0 Å². The topological polar surface area (TPSA) is 48.8 Å². The monoisotopic (exact) mass is 173 g/mol. The molecule has 0 amide bonds. The Morgan fingerprint density at radius 3 is 2.77 bits per heavy atom. The van der Waals surface area contributed by atoms with Gasteiger partial charge in [-0.3, -0.25) is 0 Å². The minimum absolute atomic E-state index is 0.171. The first-order valence-electron chi connectivity index (χ1n) is 4.37. The van der Waals surface area contributed by atoms with E-state index in [1.165, 1.54) is 5.56 Å². The fraction of sp³-hybridized carbons (Fsp3) is 0.400. The van der Waals surface area contributed by atoms with Gasteiger partial charge in [0.1, 0.15) is 0 Å². The lowest BCUT2D eigenvalue weighted by molar-refractivity contribution is 0.720. The van der Waals surface area contributed by atoms with E-state index in [4.69, 9.17) is 5.53 Å². The highest BCUT2D eigenvalue weighted by atomic mass is 15.2. The molecule has 2 unspecified atom stereocenters. The van der Waals surface area contributed by atoms with Crippen molar-refractivity contribution in [3.05, 3.63) is 46.3 Å². The van der Waals surface area contributed by atoms with Crippen LogP contribution in [0.1, 0.15) is 24.8 Å². The molecule has 0 radical (unpaired) electrons. The van der Waals surface area contributed by atoms with Gasteiger partial charge in [0.05, 0.1) is 5.54 Å². The van der Waals surface area contributed by atoms with Gasteiger partial charge in [-0.2, -0.15) is 0 Å². The highest BCUT2D eigenvalue weighted by Crippen LogP contribution is 2.54. The molecule has 13 heavy (non-hydrogen) atoms. The molecule has 2 atom stereocenters. The lowest BCUT2D eigenvalue weighted by Crippen LogP contribution is -1.98. The lowest BCUT2D eigenvalue weighted by Gasteiger charge is -2.02. The standard InChI is InChI=1S/C10H11N3/c1-10(12-13-11)7-9(10)8-5-3-2-4-6-8/h2-6,9H,7H2,1H3.